The van der Waals surface area contributed by atoms with Gasteiger partial charge in [-0.05, 0) is 48.0 Å². The Morgan fingerprint density at radius 1 is 1.12 bits per heavy atom. The second kappa shape index (κ2) is 6.58. The van der Waals surface area contributed by atoms with Gasteiger partial charge < -0.3 is 5.32 Å². The first-order valence-electron chi connectivity index (χ1n) is 7.53. The van der Waals surface area contributed by atoms with E-state index in [2.05, 4.69) is 10.7 Å². The van der Waals surface area contributed by atoms with Gasteiger partial charge in [-0.3, -0.25) is 19.8 Å². The highest BCUT2D eigenvalue weighted by atomic mass is 32.2. The van der Waals surface area contributed by atoms with E-state index in [9.17, 15) is 13.2 Å². The summed E-state index contributed by atoms with van der Waals surface area (Å²) in [4.78, 5) is 10.9. The zero-order valence-corrected chi connectivity index (χ0v) is 14.2. The molecule has 1 heterocycles. The molecule has 0 radical (unpaired) electrons. The summed E-state index contributed by atoms with van der Waals surface area (Å²) in [7, 11) is -4.19. The second-order valence-corrected chi connectivity index (χ2v) is 6.99. The number of hydrogen-bond acceptors (Lipinski definition) is 5. The fraction of sp³-hybridized carbons (Fsp3) is 0.118. The molecule has 1 aliphatic heterocycles. The van der Waals surface area contributed by atoms with E-state index in [4.69, 9.17) is 4.55 Å². The number of hydrogen-bond donors (Lipinski definition) is 3. The summed E-state index contributed by atoms with van der Waals surface area (Å²) in [6.45, 7) is 2.06. The zero-order chi connectivity index (χ0) is 18.0. The number of anilines is 2. The first kappa shape index (κ1) is 17.0. The summed E-state index contributed by atoms with van der Waals surface area (Å²) in [6.07, 6.45) is 2.00. The summed E-state index contributed by atoms with van der Waals surface area (Å²) in [5.74, 6) is -0.120. The lowest BCUT2D eigenvalue weighted by atomic mass is 10.1. The third-order valence-corrected chi connectivity index (χ3v) is 4.56. The Morgan fingerprint density at radius 3 is 2.32 bits per heavy atom. The summed E-state index contributed by atoms with van der Waals surface area (Å²) < 4.78 is 31.2. The van der Waals surface area contributed by atoms with Crippen LogP contribution >= 0.6 is 0 Å². The van der Waals surface area contributed by atoms with Gasteiger partial charge in [-0.2, -0.15) is 8.42 Å². The van der Waals surface area contributed by atoms with Crippen LogP contribution in [0.5, 0.6) is 0 Å². The molecule has 0 spiro atoms. The van der Waals surface area contributed by atoms with Crippen LogP contribution in [-0.4, -0.2) is 25.4 Å². The molecule has 0 unspecified atom stereocenters. The monoisotopic (exact) mass is 359 g/mol. The second-order valence-electron chi connectivity index (χ2n) is 5.57. The zero-order valence-electron chi connectivity index (χ0n) is 13.4. The number of benzene rings is 2. The molecule has 25 heavy (non-hydrogen) atoms. The van der Waals surface area contributed by atoms with Gasteiger partial charge in [0.05, 0.1) is 22.8 Å². The van der Waals surface area contributed by atoms with E-state index in [-0.39, 0.29) is 10.8 Å². The van der Waals surface area contributed by atoms with Gasteiger partial charge in [0, 0.05) is 12.6 Å². The molecular formula is C17H17N3O4S. The molecule has 2 aromatic carbocycles. The Bertz CT molecular complexity index is 919. The van der Waals surface area contributed by atoms with Crippen molar-refractivity contribution in [1.29, 1.82) is 0 Å². The van der Waals surface area contributed by atoms with Gasteiger partial charge >= 0.3 is 0 Å². The van der Waals surface area contributed by atoms with E-state index in [1.54, 1.807) is 12.1 Å². The number of amides is 1. The van der Waals surface area contributed by atoms with E-state index in [0.717, 1.165) is 22.6 Å². The maximum Gasteiger partial charge on any atom is 0.294 e. The van der Waals surface area contributed by atoms with Crippen molar-refractivity contribution in [2.45, 2.75) is 11.8 Å². The van der Waals surface area contributed by atoms with Gasteiger partial charge in [0.15, 0.2) is 0 Å². The van der Waals surface area contributed by atoms with E-state index in [0.29, 0.717) is 6.54 Å². The predicted octanol–water partition coefficient (Wildman–Crippen LogP) is 2.26. The van der Waals surface area contributed by atoms with E-state index in [1.165, 1.54) is 19.1 Å². The number of carbonyl (C=O) groups is 1. The van der Waals surface area contributed by atoms with Crippen molar-refractivity contribution in [1.82, 2.24) is 5.43 Å². The normalized spacial score (nSPS) is 14.0. The van der Waals surface area contributed by atoms with Crippen molar-refractivity contribution in [3.05, 3.63) is 60.2 Å². The average Bonchev–Trinajstić information content (AvgIpc) is 3.04. The number of nitrogens with zero attached hydrogens (tertiary/aromatic N) is 1. The third-order valence-electron chi connectivity index (χ3n) is 3.70. The minimum atomic E-state index is -4.19. The smallest absolute Gasteiger partial charge is 0.294 e. The molecule has 130 valence electrons. The Hall–Kier alpha value is -2.84. The average molecular weight is 359 g/mol. The first-order chi connectivity index (χ1) is 11.8. The molecule has 0 bridgehead atoms. The van der Waals surface area contributed by atoms with Crippen molar-refractivity contribution in [2.75, 3.05) is 16.9 Å². The van der Waals surface area contributed by atoms with Crippen molar-refractivity contribution in [2.24, 2.45) is 0 Å². The molecule has 1 aliphatic rings. The van der Waals surface area contributed by atoms with Crippen LogP contribution in [0.1, 0.15) is 12.5 Å². The molecule has 2 aromatic rings. The van der Waals surface area contributed by atoms with E-state index >= 15 is 0 Å². The molecule has 8 heteroatoms. The molecule has 7 nitrogen and oxygen atoms in total. The SMILES string of the molecule is CC(=O)Nc1ccc(C2=CCN(c3ccc(S(=O)(=O)O)cc3)N2)cc1. The van der Waals surface area contributed by atoms with E-state index in [1.807, 2.05) is 35.4 Å². The van der Waals surface area contributed by atoms with Crippen LogP contribution in [-0.2, 0) is 14.9 Å². The van der Waals surface area contributed by atoms with Gasteiger partial charge in [0.25, 0.3) is 10.1 Å². The lowest BCUT2D eigenvalue weighted by Gasteiger charge is -2.20. The Labute approximate surface area is 145 Å². The highest BCUT2D eigenvalue weighted by molar-refractivity contribution is 7.85. The van der Waals surface area contributed by atoms with Crippen LogP contribution in [0.25, 0.3) is 5.70 Å². The van der Waals surface area contributed by atoms with Crippen LogP contribution in [0.4, 0.5) is 11.4 Å². The van der Waals surface area contributed by atoms with Gasteiger partial charge in [-0.15, -0.1) is 0 Å². The lowest BCUT2D eigenvalue weighted by Crippen LogP contribution is -2.31. The molecule has 3 rings (SSSR count). The quantitative estimate of drug-likeness (QED) is 0.724. The minimum Gasteiger partial charge on any atom is -0.326 e. The number of hydrazine groups is 1. The van der Waals surface area contributed by atoms with Crippen molar-refractivity contribution in [3.8, 4) is 0 Å². The summed E-state index contributed by atoms with van der Waals surface area (Å²) in [6, 6.07) is 13.4. The van der Waals surface area contributed by atoms with Gasteiger partial charge in [0.1, 0.15) is 0 Å². The minimum absolute atomic E-state index is 0.120. The van der Waals surface area contributed by atoms with Crippen LogP contribution < -0.4 is 15.8 Å². The lowest BCUT2D eigenvalue weighted by molar-refractivity contribution is -0.114. The van der Waals surface area contributed by atoms with Crippen LogP contribution in [0.15, 0.2) is 59.5 Å². The maximum absolute atomic E-state index is 11.1. The number of carbonyl (C=O) groups excluding carboxylic acids is 1. The summed E-state index contributed by atoms with van der Waals surface area (Å²) in [5, 5.41) is 4.57. The Kier molecular flexibility index (Phi) is 4.47. The predicted molar refractivity (Wildman–Crippen MR) is 95.5 cm³/mol. The molecule has 3 N–H and O–H groups in total. The Balaban J connectivity index is 1.69. The van der Waals surface area contributed by atoms with E-state index < -0.39 is 10.1 Å². The number of rotatable bonds is 4. The standard InChI is InChI=1S/C17H17N3O4S/c1-12(21)18-14-4-2-13(3-5-14)17-10-11-20(19-17)15-6-8-16(9-7-15)25(22,23)24/h2-10,19H,11H2,1H3,(H,18,21)(H,22,23,24). The molecular weight excluding hydrogens is 342 g/mol. The van der Waals surface area contributed by atoms with Crippen LogP contribution in [0.2, 0.25) is 0 Å². The fourth-order valence-electron chi connectivity index (χ4n) is 2.51. The topological polar surface area (TPSA) is 98.7 Å². The van der Waals surface area contributed by atoms with Crippen molar-refractivity contribution < 1.29 is 17.8 Å². The molecule has 1 amide bonds. The molecule has 0 aliphatic carbocycles. The molecule has 0 fully saturated rings. The third kappa shape index (κ3) is 3.98. The largest absolute Gasteiger partial charge is 0.326 e. The molecule has 0 saturated heterocycles. The van der Waals surface area contributed by atoms with Gasteiger partial charge in [-0.25, -0.2) is 0 Å². The van der Waals surface area contributed by atoms with Crippen LogP contribution in [0, 0.1) is 0 Å². The highest BCUT2D eigenvalue weighted by Gasteiger charge is 2.16. The van der Waals surface area contributed by atoms with Crippen LogP contribution in [0.3, 0.4) is 0 Å². The van der Waals surface area contributed by atoms with Crippen molar-refractivity contribution >= 4 is 33.1 Å². The number of nitrogens with one attached hydrogen (secondary N) is 2. The van der Waals surface area contributed by atoms with Gasteiger partial charge in [0.2, 0.25) is 5.91 Å². The van der Waals surface area contributed by atoms with Crippen molar-refractivity contribution in [3.63, 3.8) is 0 Å². The molecule has 0 saturated carbocycles. The fourth-order valence-corrected chi connectivity index (χ4v) is 2.99. The first-order valence-corrected chi connectivity index (χ1v) is 8.97. The highest BCUT2D eigenvalue weighted by Crippen LogP contribution is 2.24. The maximum atomic E-state index is 11.1. The molecule has 0 atom stereocenters. The summed E-state index contributed by atoms with van der Waals surface area (Å²) >= 11 is 0. The molecule has 0 aromatic heterocycles. The van der Waals surface area contributed by atoms with Gasteiger partial charge in [-0.1, -0.05) is 12.1 Å². The summed E-state index contributed by atoms with van der Waals surface area (Å²) in [5.41, 5.74) is 6.61. The Morgan fingerprint density at radius 2 is 1.76 bits per heavy atom.